The van der Waals surface area contributed by atoms with Crippen LogP contribution in [0.4, 0.5) is 4.39 Å². The lowest BCUT2D eigenvalue weighted by atomic mass is 9.98. The second kappa shape index (κ2) is 5.36. The summed E-state index contributed by atoms with van der Waals surface area (Å²) in [7, 11) is 0. The van der Waals surface area contributed by atoms with Crippen molar-refractivity contribution in [2.45, 2.75) is 6.92 Å². The van der Waals surface area contributed by atoms with Crippen molar-refractivity contribution in [1.82, 2.24) is 9.97 Å². The van der Waals surface area contributed by atoms with Crippen LogP contribution in [0.25, 0.3) is 33.3 Å². The molecule has 0 aliphatic carbocycles. The van der Waals surface area contributed by atoms with Gasteiger partial charge < -0.3 is 4.98 Å². The second-order valence-electron chi connectivity index (χ2n) is 5.67. The number of pyridine rings is 1. The van der Waals surface area contributed by atoms with Crippen molar-refractivity contribution >= 4 is 10.9 Å². The smallest absolute Gasteiger partial charge is 0.123 e. The number of aryl methyl sites for hydroxylation is 1. The van der Waals surface area contributed by atoms with E-state index in [2.05, 4.69) is 35.1 Å². The van der Waals surface area contributed by atoms with Gasteiger partial charge in [0.05, 0.1) is 5.69 Å². The number of fused-ring (bicyclic) bond motifs is 1. The van der Waals surface area contributed by atoms with E-state index in [1.165, 1.54) is 17.7 Å². The molecule has 0 saturated carbocycles. The third-order valence-electron chi connectivity index (χ3n) is 4.06. The van der Waals surface area contributed by atoms with Gasteiger partial charge in [-0.1, -0.05) is 23.8 Å². The molecule has 3 heteroatoms. The molecule has 0 aliphatic rings. The molecule has 2 aromatic carbocycles. The normalized spacial score (nSPS) is 11.0. The monoisotopic (exact) mass is 302 g/mol. The summed E-state index contributed by atoms with van der Waals surface area (Å²) in [6.07, 6.45) is 3.56. The van der Waals surface area contributed by atoms with Crippen LogP contribution in [0, 0.1) is 12.7 Å². The third-order valence-corrected chi connectivity index (χ3v) is 4.06. The van der Waals surface area contributed by atoms with E-state index in [0.717, 1.165) is 33.3 Å². The molecule has 112 valence electrons. The van der Waals surface area contributed by atoms with E-state index >= 15 is 0 Å². The molecular formula is C20H15FN2. The Labute approximate surface area is 133 Å². The zero-order valence-electron chi connectivity index (χ0n) is 12.7. The maximum Gasteiger partial charge on any atom is 0.123 e. The molecule has 2 heterocycles. The summed E-state index contributed by atoms with van der Waals surface area (Å²) in [5, 5.41) is 1.14. The van der Waals surface area contributed by atoms with Crippen molar-refractivity contribution in [2.24, 2.45) is 0 Å². The average molecular weight is 302 g/mol. The van der Waals surface area contributed by atoms with Gasteiger partial charge in [0, 0.05) is 34.4 Å². The van der Waals surface area contributed by atoms with Crippen molar-refractivity contribution in [1.29, 1.82) is 0 Å². The van der Waals surface area contributed by atoms with Crippen LogP contribution < -0.4 is 0 Å². The lowest BCUT2D eigenvalue weighted by molar-refractivity contribution is 0.628. The van der Waals surface area contributed by atoms with Crippen molar-refractivity contribution < 1.29 is 4.39 Å². The molecule has 0 amide bonds. The lowest BCUT2D eigenvalue weighted by Gasteiger charge is -2.06. The van der Waals surface area contributed by atoms with Gasteiger partial charge in [-0.2, -0.15) is 0 Å². The van der Waals surface area contributed by atoms with E-state index in [1.54, 1.807) is 12.4 Å². The van der Waals surface area contributed by atoms with Crippen molar-refractivity contribution in [3.63, 3.8) is 0 Å². The molecule has 0 fully saturated rings. The van der Waals surface area contributed by atoms with Gasteiger partial charge in [-0.15, -0.1) is 0 Å². The second-order valence-corrected chi connectivity index (χ2v) is 5.67. The molecule has 23 heavy (non-hydrogen) atoms. The van der Waals surface area contributed by atoms with E-state index in [1.807, 2.05) is 24.3 Å². The summed E-state index contributed by atoms with van der Waals surface area (Å²) >= 11 is 0. The predicted octanol–water partition coefficient (Wildman–Crippen LogP) is 5.34. The Balaban J connectivity index is 2.06. The topological polar surface area (TPSA) is 28.7 Å². The number of hydrogen-bond donors (Lipinski definition) is 1. The summed E-state index contributed by atoms with van der Waals surface area (Å²) in [4.78, 5) is 7.59. The standard InChI is InChI=1S/C20H15FN2/c1-13-2-7-18-17(12-13)19(14-3-5-16(21)6-4-14)20(23-18)15-8-10-22-11-9-15/h2-12,23H,1H3. The number of nitrogens with zero attached hydrogens (tertiary/aromatic N) is 1. The van der Waals surface area contributed by atoms with E-state index in [0.29, 0.717) is 0 Å². The summed E-state index contributed by atoms with van der Waals surface area (Å²) in [6.45, 7) is 2.08. The fraction of sp³-hybridized carbons (Fsp3) is 0.0500. The van der Waals surface area contributed by atoms with Crippen LogP contribution in [0.1, 0.15) is 5.56 Å². The molecule has 0 spiro atoms. The van der Waals surface area contributed by atoms with Crippen molar-refractivity contribution in [3.05, 3.63) is 78.4 Å². The van der Waals surface area contributed by atoms with Gasteiger partial charge in [0.2, 0.25) is 0 Å². The molecule has 0 saturated heterocycles. The van der Waals surface area contributed by atoms with Gasteiger partial charge in [0.1, 0.15) is 5.82 Å². The predicted molar refractivity (Wildman–Crippen MR) is 91.7 cm³/mol. The van der Waals surface area contributed by atoms with Gasteiger partial charge in [0.25, 0.3) is 0 Å². The molecule has 1 N–H and O–H groups in total. The fourth-order valence-electron chi connectivity index (χ4n) is 2.96. The number of nitrogens with one attached hydrogen (secondary N) is 1. The van der Waals surface area contributed by atoms with Crippen LogP contribution in [0.3, 0.4) is 0 Å². The number of benzene rings is 2. The molecule has 4 aromatic rings. The van der Waals surface area contributed by atoms with Gasteiger partial charge in [0.15, 0.2) is 0 Å². The quantitative estimate of drug-likeness (QED) is 0.531. The average Bonchev–Trinajstić information content (AvgIpc) is 2.95. The van der Waals surface area contributed by atoms with Gasteiger partial charge >= 0.3 is 0 Å². The maximum atomic E-state index is 13.3. The first kappa shape index (κ1) is 13.7. The zero-order valence-corrected chi connectivity index (χ0v) is 12.7. The highest BCUT2D eigenvalue weighted by atomic mass is 19.1. The minimum absolute atomic E-state index is 0.227. The van der Waals surface area contributed by atoms with E-state index in [9.17, 15) is 4.39 Å². The molecule has 0 aliphatic heterocycles. The summed E-state index contributed by atoms with van der Waals surface area (Å²) in [5.41, 5.74) is 6.45. The van der Waals surface area contributed by atoms with Crippen LogP contribution >= 0.6 is 0 Å². The number of aromatic amines is 1. The van der Waals surface area contributed by atoms with Crippen molar-refractivity contribution in [3.8, 4) is 22.4 Å². The number of hydrogen-bond acceptors (Lipinski definition) is 1. The number of aromatic nitrogens is 2. The first-order chi connectivity index (χ1) is 11.2. The Morgan fingerprint density at radius 3 is 2.35 bits per heavy atom. The number of halogens is 1. The fourth-order valence-corrected chi connectivity index (χ4v) is 2.96. The van der Waals surface area contributed by atoms with E-state index in [-0.39, 0.29) is 5.82 Å². The molecular weight excluding hydrogens is 287 g/mol. The molecule has 2 aromatic heterocycles. The third kappa shape index (κ3) is 2.40. The molecule has 0 atom stereocenters. The highest BCUT2D eigenvalue weighted by Crippen LogP contribution is 2.38. The summed E-state index contributed by atoms with van der Waals surface area (Å²) in [6, 6.07) is 16.9. The first-order valence-electron chi connectivity index (χ1n) is 7.51. The first-order valence-corrected chi connectivity index (χ1v) is 7.51. The molecule has 0 bridgehead atoms. The SMILES string of the molecule is Cc1ccc2[nH]c(-c3ccncc3)c(-c3ccc(F)cc3)c2c1. The van der Waals surface area contributed by atoms with Gasteiger partial charge in [-0.25, -0.2) is 4.39 Å². The lowest BCUT2D eigenvalue weighted by Crippen LogP contribution is -1.84. The van der Waals surface area contributed by atoms with Crippen LogP contribution in [0.15, 0.2) is 67.0 Å². The summed E-state index contributed by atoms with van der Waals surface area (Å²) < 4.78 is 13.3. The number of H-pyrrole nitrogens is 1. The molecule has 0 unspecified atom stereocenters. The summed E-state index contributed by atoms with van der Waals surface area (Å²) in [5.74, 6) is -0.227. The zero-order chi connectivity index (χ0) is 15.8. The number of rotatable bonds is 2. The minimum Gasteiger partial charge on any atom is -0.354 e. The highest BCUT2D eigenvalue weighted by molar-refractivity contribution is 6.03. The Morgan fingerprint density at radius 1 is 0.870 bits per heavy atom. The van der Waals surface area contributed by atoms with Crippen LogP contribution in [0.5, 0.6) is 0 Å². The van der Waals surface area contributed by atoms with Crippen LogP contribution in [0.2, 0.25) is 0 Å². The molecule has 2 nitrogen and oxygen atoms in total. The largest absolute Gasteiger partial charge is 0.354 e. The van der Waals surface area contributed by atoms with Crippen molar-refractivity contribution in [2.75, 3.05) is 0 Å². The van der Waals surface area contributed by atoms with Gasteiger partial charge in [-0.05, 0) is 48.9 Å². The van der Waals surface area contributed by atoms with Gasteiger partial charge in [-0.3, -0.25) is 4.98 Å². The van der Waals surface area contributed by atoms with E-state index < -0.39 is 0 Å². The molecule has 0 radical (unpaired) electrons. The Morgan fingerprint density at radius 2 is 1.61 bits per heavy atom. The Hall–Kier alpha value is -2.94. The minimum atomic E-state index is -0.227. The molecule has 4 rings (SSSR count). The Bertz CT molecular complexity index is 970. The maximum absolute atomic E-state index is 13.3. The van der Waals surface area contributed by atoms with Crippen LogP contribution in [-0.2, 0) is 0 Å². The Kier molecular flexibility index (Phi) is 3.19. The van der Waals surface area contributed by atoms with E-state index in [4.69, 9.17) is 0 Å². The highest BCUT2D eigenvalue weighted by Gasteiger charge is 2.15. The van der Waals surface area contributed by atoms with Crippen LogP contribution in [-0.4, -0.2) is 9.97 Å².